The number of aromatic nitrogens is 2. The maximum atomic E-state index is 13.0. The van der Waals surface area contributed by atoms with Gasteiger partial charge in [-0.3, -0.25) is 28.8 Å². The Morgan fingerprint density at radius 3 is 2.17 bits per heavy atom. The molecule has 1 aromatic carbocycles. The Morgan fingerprint density at radius 2 is 1.60 bits per heavy atom. The fourth-order valence-corrected chi connectivity index (χ4v) is 4.63. The van der Waals surface area contributed by atoms with E-state index in [9.17, 15) is 19.2 Å². The Morgan fingerprint density at radius 1 is 1.03 bits per heavy atom. The fourth-order valence-electron chi connectivity index (χ4n) is 4.63. The highest BCUT2D eigenvalue weighted by atomic mass is 16.2. The van der Waals surface area contributed by atoms with Crippen LogP contribution in [0.25, 0.3) is 5.69 Å². The van der Waals surface area contributed by atoms with Crippen molar-refractivity contribution in [3.05, 3.63) is 46.4 Å². The predicted octanol–water partition coefficient (Wildman–Crippen LogP) is 1.99. The van der Waals surface area contributed by atoms with Gasteiger partial charge in [-0.25, -0.2) is 4.68 Å². The second-order valence-corrected chi connectivity index (χ2v) is 8.15. The maximum absolute atomic E-state index is 13.0. The molecule has 3 amide bonds. The molecule has 8 heteroatoms. The minimum absolute atomic E-state index is 0.148. The molecule has 1 aliphatic heterocycles. The Labute approximate surface area is 174 Å². The van der Waals surface area contributed by atoms with E-state index in [0.29, 0.717) is 24.2 Å². The van der Waals surface area contributed by atoms with Crippen molar-refractivity contribution < 1.29 is 14.4 Å². The van der Waals surface area contributed by atoms with Crippen LogP contribution < -0.4 is 10.9 Å². The summed E-state index contributed by atoms with van der Waals surface area (Å²) in [7, 11) is 1.74. The number of nitrogens with zero attached hydrogens (tertiary/aromatic N) is 3. The Kier molecular flexibility index (Phi) is 5.09. The van der Waals surface area contributed by atoms with Crippen LogP contribution in [-0.2, 0) is 21.4 Å². The summed E-state index contributed by atoms with van der Waals surface area (Å²) in [5, 5.41) is 2.67. The first-order valence-electron chi connectivity index (χ1n) is 10.3. The number of likely N-dealkylation sites (tertiary alicyclic amines) is 1. The van der Waals surface area contributed by atoms with Crippen molar-refractivity contribution in [2.24, 2.45) is 18.9 Å². The standard InChI is InChI=1S/C22H26N4O4/c1-13-18(22(30)26(24(13)3)15-9-5-4-6-10-15)23-19(27)14(2)25-20(28)16-11-7-8-12-17(16)21(25)29/h4-6,9-10,14,16-17H,7-8,11-12H2,1-3H3,(H,23,27)/t14-,16-,17+/m1/s1. The zero-order chi connectivity index (χ0) is 21.6. The molecule has 158 valence electrons. The molecule has 1 saturated carbocycles. The molecule has 1 N–H and O–H groups in total. The second-order valence-electron chi connectivity index (χ2n) is 8.15. The first kappa shape index (κ1) is 20.1. The second kappa shape index (κ2) is 7.59. The summed E-state index contributed by atoms with van der Waals surface area (Å²) in [4.78, 5) is 52.6. The number of imide groups is 1. The van der Waals surface area contributed by atoms with Gasteiger partial charge >= 0.3 is 0 Å². The first-order valence-corrected chi connectivity index (χ1v) is 10.3. The summed E-state index contributed by atoms with van der Waals surface area (Å²) in [6, 6.07) is 8.15. The molecule has 1 aromatic heterocycles. The van der Waals surface area contributed by atoms with Crippen LogP contribution in [0.3, 0.4) is 0 Å². The predicted molar refractivity (Wildman–Crippen MR) is 111 cm³/mol. The molecule has 0 radical (unpaired) electrons. The minimum Gasteiger partial charge on any atom is -0.318 e. The zero-order valence-corrected chi connectivity index (χ0v) is 17.4. The first-order chi connectivity index (χ1) is 14.3. The molecule has 0 unspecified atom stereocenters. The number of amides is 3. The van der Waals surface area contributed by atoms with Gasteiger partial charge in [-0.2, -0.15) is 0 Å². The van der Waals surface area contributed by atoms with Gasteiger partial charge in [0.1, 0.15) is 11.7 Å². The number of rotatable bonds is 4. The quantitative estimate of drug-likeness (QED) is 0.780. The molecule has 30 heavy (non-hydrogen) atoms. The average Bonchev–Trinajstić information content (AvgIpc) is 3.13. The van der Waals surface area contributed by atoms with Crippen molar-refractivity contribution in [2.45, 2.75) is 45.6 Å². The number of fused-ring (bicyclic) bond motifs is 1. The number of carbonyl (C=O) groups is 3. The van der Waals surface area contributed by atoms with E-state index in [2.05, 4.69) is 5.32 Å². The van der Waals surface area contributed by atoms with Gasteiger partial charge in [0, 0.05) is 7.05 Å². The number of hydrogen-bond acceptors (Lipinski definition) is 4. The number of para-hydroxylation sites is 1. The molecule has 4 rings (SSSR count). The molecule has 2 aliphatic rings. The van der Waals surface area contributed by atoms with Gasteiger partial charge in [0.15, 0.2) is 0 Å². The van der Waals surface area contributed by atoms with Crippen LogP contribution >= 0.6 is 0 Å². The van der Waals surface area contributed by atoms with Crippen molar-refractivity contribution in [2.75, 3.05) is 5.32 Å². The third-order valence-electron chi connectivity index (χ3n) is 6.44. The highest BCUT2D eigenvalue weighted by molar-refractivity contribution is 6.09. The lowest BCUT2D eigenvalue weighted by Gasteiger charge is -2.22. The lowest BCUT2D eigenvalue weighted by Crippen LogP contribution is -2.46. The molecule has 2 aromatic rings. The van der Waals surface area contributed by atoms with Gasteiger partial charge in [0.25, 0.3) is 5.56 Å². The summed E-state index contributed by atoms with van der Waals surface area (Å²) < 4.78 is 3.13. The van der Waals surface area contributed by atoms with E-state index < -0.39 is 11.9 Å². The third kappa shape index (κ3) is 3.07. The van der Waals surface area contributed by atoms with E-state index in [1.54, 1.807) is 30.8 Å². The van der Waals surface area contributed by atoms with Crippen molar-refractivity contribution in [3.8, 4) is 5.69 Å². The molecule has 0 bridgehead atoms. The van der Waals surface area contributed by atoms with Crippen LogP contribution in [-0.4, -0.2) is 38.0 Å². The van der Waals surface area contributed by atoms with Crippen LogP contribution in [0.15, 0.2) is 35.1 Å². The Hall–Kier alpha value is -3.16. The van der Waals surface area contributed by atoms with Crippen LogP contribution in [0, 0.1) is 18.8 Å². The Bertz CT molecular complexity index is 1040. The van der Waals surface area contributed by atoms with Gasteiger partial charge in [-0.15, -0.1) is 0 Å². The number of carbonyl (C=O) groups excluding carboxylic acids is 3. The lowest BCUT2D eigenvalue weighted by molar-refractivity contribution is -0.146. The molecule has 0 spiro atoms. The topological polar surface area (TPSA) is 93.4 Å². The van der Waals surface area contributed by atoms with Crippen molar-refractivity contribution in [1.29, 1.82) is 0 Å². The zero-order valence-electron chi connectivity index (χ0n) is 17.4. The van der Waals surface area contributed by atoms with Gasteiger partial charge in [0.2, 0.25) is 17.7 Å². The van der Waals surface area contributed by atoms with E-state index in [1.807, 2.05) is 18.2 Å². The minimum atomic E-state index is -0.972. The fraction of sp³-hybridized carbons (Fsp3) is 0.455. The largest absolute Gasteiger partial charge is 0.318 e. The molecular formula is C22H26N4O4. The molecule has 8 nitrogen and oxygen atoms in total. The van der Waals surface area contributed by atoms with Crippen LogP contribution in [0.2, 0.25) is 0 Å². The van der Waals surface area contributed by atoms with Crippen LogP contribution in [0.5, 0.6) is 0 Å². The summed E-state index contributed by atoms with van der Waals surface area (Å²) >= 11 is 0. The molecular weight excluding hydrogens is 384 g/mol. The van der Waals surface area contributed by atoms with E-state index in [1.165, 1.54) is 11.6 Å². The van der Waals surface area contributed by atoms with Gasteiger partial charge in [0.05, 0.1) is 23.2 Å². The smallest absolute Gasteiger partial charge is 0.295 e. The monoisotopic (exact) mass is 410 g/mol. The summed E-state index contributed by atoms with van der Waals surface area (Å²) in [5.74, 6) is -1.69. The van der Waals surface area contributed by atoms with Crippen molar-refractivity contribution in [1.82, 2.24) is 14.3 Å². The highest BCUT2D eigenvalue weighted by Gasteiger charge is 2.50. The molecule has 1 saturated heterocycles. The normalized spacial score (nSPS) is 22.2. The molecule has 2 heterocycles. The van der Waals surface area contributed by atoms with Crippen LogP contribution in [0.4, 0.5) is 5.69 Å². The number of benzene rings is 1. The molecule has 1 aliphatic carbocycles. The Balaban J connectivity index is 1.60. The number of hydrogen-bond donors (Lipinski definition) is 1. The average molecular weight is 410 g/mol. The van der Waals surface area contributed by atoms with E-state index in [0.717, 1.165) is 17.7 Å². The summed E-state index contributed by atoms with van der Waals surface area (Å²) in [5.41, 5.74) is 1.04. The van der Waals surface area contributed by atoms with Crippen molar-refractivity contribution >= 4 is 23.4 Å². The summed E-state index contributed by atoms with van der Waals surface area (Å²) in [6.45, 7) is 3.28. The SMILES string of the molecule is Cc1c(NC(=O)[C@@H](C)N2C(=O)[C@H]3CCCC[C@H]3C2=O)c(=O)n(-c2ccccc2)n1C. The number of nitrogens with one attached hydrogen (secondary N) is 1. The van der Waals surface area contributed by atoms with E-state index in [-0.39, 0.29) is 34.9 Å². The number of anilines is 1. The lowest BCUT2D eigenvalue weighted by atomic mass is 9.81. The van der Waals surface area contributed by atoms with E-state index >= 15 is 0 Å². The summed E-state index contributed by atoms with van der Waals surface area (Å²) in [6.07, 6.45) is 3.24. The van der Waals surface area contributed by atoms with Gasteiger partial charge in [-0.1, -0.05) is 31.0 Å². The van der Waals surface area contributed by atoms with Crippen LogP contribution in [0.1, 0.15) is 38.3 Å². The van der Waals surface area contributed by atoms with Gasteiger partial charge < -0.3 is 5.32 Å². The van der Waals surface area contributed by atoms with Crippen molar-refractivity contribution in [3.63, 3.8) is 0 Å². The highest BCUT2D eigenvalue weighted by Crippen LogP contribution is 2.38. The maximum Gasteiger partial charge on any atom is 0.295 e. The molecule has 2 fully saturated rings. The van der Waals surface area contributed by atoms with Gasteiger partial charge in [-0.05, 0) is 38.8 Å². The molecule has 3 atom stereocenters. The third-order valence-corrected chi connectivity index (χ3v) is 6.44. The van der Waals surface area contributed by atoms with E-state index in [4.69, 9.17) is 0 Å².